The van der Waals surface area contributed by atoms with E-state index in [4.69, 9.17) is 14.2 Å². The summed E-state index contributed by atoms with van der Waals surface area (Å²) in [6, 6.07) is 5.28. The van der Waals surface area contributed by atoms with Crippen molar-refractivity contribution >= 4 is 18.1 Å². The Morgan fingerprint density at radius 3 is 2.73 bits per heavy atom. The Morgan fingerprint density at radius 1 is 1.12 bits per heavy atom. The third kappa shape index (κ3) is 5.44. The normalized spacial score (nSPS) is 33.2. The van der Waals surface area contributed by atoms with Crippen LogP contribution in [0.5, 0.6) is 0 Å². The Bertz CT molecular complexity index is 1180. The van der Waals surface area contributed by atoms with Crippen LogP contribution in [0.25, 0.3) is 6.08 Å². The SMILES string of the molecule is CCCC1(CCCC2CC3CCC4C(NC(=O)OC5CCC5)C34C2)CC(C(=O)OCCOC)=Cc2ccc(F)cc21. The van der Waals surface area contributed by atoms with Gasteiger partial charge in [-0.15, -0.1) is 0 Å². The zero-order valence-electron chi connectivity index (χ0n) is 24.7. The molecule has 0 aliphatic heterocycles. The number of hydrogen-bond acceptors (Lipinski definition) is 5. The van der Waals surface area contributed by atoms with Gasteiger partial charge in [0.15, 0.2) is 0 Å². The Morgan fingerprint density at radius 2 is 1.98 bits per heavy atom. The maximum absolute atomic E-state index is 14.5. The Kier molecular flexibility index (Phi) is 8.19. The lowest BCUT2D eigenvalue weighted by Crippen LogP contribution is -2.36. The first-order valence-electron chi connectivity index (χ1n) is 16.0. The Balaban J connectivity index is 1.10. The van der Waals surface area contributed by atoms with E-state index in [9.17, 15) is 14.0 Å². The molecule has 0 bridgehead atoms. The highest BCUT2D eigenvalue weighted by molar-refractivity contribution is 5.95. The Labute approximate surface area is 243 Å². The predicted octanol–water partition coefficient (Wildman–Crippen LogP) is 7.09. The maximum Gasteiger partial charge on any atom is 0.407 e. The lowest BCUT2D eigenvalue weighted by Gasteiger charge is -2.39. The summed E-state index contributed by atoms with van der Waals surface area (Å²) >= 11 is 0. The van der Waals surface area contributed by atoms with Crippen molar-refractivity contribution in [2.45, 2.75) is 108 Å². The molecule has 6 unspecified atom stereocenters. The van der Waals surface area contributed by atoms with Crippen LogP contribution in [0.1, 0.15) is 102 Å². The van der Waals surface area contributed by atoms with Crippen LogP contribution in [0.15, 0.2) is 23.8 Å². The molecule has 224 valence electrons. The maximum atomic E-state index is 14.5. The molecule has 0 saturated heterocycles. The van der Waals surface area contributed by atoms with Gasteiger partial charge < -0.3 is 19.5 Å². The molecule has 1 amide bonds. The average molecular weight is 568 g/mol. The topological polar surface area (TPSA) is 73.9 Å². The summed E-state index contributed by atoms with van der Waals surface area (Å²) in [5.41, 5.74) is 2.65. The summed E-state index contributed by atoms with van der Waals surface area (Å²) in [5, 5.41) is 3.26. The molecule has 0 heterocycles. The van der Waals surface area contributed by atoms with Gasteiger partial charge in [-0.3, -0.25) is 0 Å². The lowest BCUT2D eigenvalue weighted by atomic mass is 9.65. The van der Waals surface area contributed by atoms with Crippen LogP contribution in [-0.4, -0.2) is 44.5 Å². The largest absolute Gasteiger partial charge is 0.460 e. The van der Waals surface area contributed by atoms with Gasteiger partial charge in [0.25, 0.3) is 0 Å². The molecule has 1 spiro atoms. The number of alkyl carbamates (subject to hydrolysis) is 1. The highest BCUT2D eigenvalue weighted by atomic mass is 19.1. The minimum Gasteiger partial charge on any atom is -0.460 e. The van der Waals surface area contributed by atoms with Gasteiger partial charge in [0, 0.05) is 24.1 Å². The summed E-state index contributed by atoms with van der Waals surface area (Å²) in [7, 11) is 1.59. The molecule has 7 heteroatoms. The van der Waals surface area contributed by atoms with Crippen LogP contribution in [0.3, 0.4) is 0 Å². The van der Waals surface area contributed by atoms with Gasteiger partial charge in [-0.05, 0) is 117 Å². The van der Waals surface area contributed by atoms with Crippen molar-refractivity contribution < 1.29 is 28.2 Å². The van der Waals surface area contributed by atoms with E-state index < -0.39 is 0 Å². The number of carbonyl (C=O) groups excluding carboxylic acids is 2. The Hall–Kier alpha value is -2.41. The van der Waals surface area contributed by atoms with Crippen LogP contribution in [0.2, 0.25) is 0 Å². The van der Waals surface area contributed by atoms with Crippen molar-refractivity contribution in [3.8, 4) is 0 Å². The number of halogens is 1. The lowest BCUT2D eigenvalue weighted by molar-refractivity contribution is -0.140. The molecule has 4 saturated carbocycles. The van der Waals surface area contributed by atoms with E-state index >= 15 is 0 Å². The van der Waals surface area contributed by atoms with Crippen LogP contribution in [-0.2, 0) is 24.4 Å². The molecule has 6 rings (SSSR count). The summed E-state index contributed by atoms with van der Waals surface area (Å²) in [6.45, 7) is 2.76. The number of esters is 1. The van der Waals surface area contributed by atoms with E-state index in [0.29, 0.717) is 36.4 Å². The standard InChI is InChI=1S/C34H46FNO5/c1-3-13-33(21-24(31(37)40-16-15-39-2)18-23-9-11-26(35)19-29(23)33)14-5-6-22-17-25-10-12-28-30(34(25,28)20-22)36-32(38)41-27-7-4-8-27/h9,11,18-19,22,25,27-28,30H,3-8,10,12-17,20-21H2,1-2H3,(H,36,38). The highest BCUT2D eigenvalue weighted by Crippen LogP contribution is 2.74. The van der Waals surface area contributed by atoms with Crippen LogP contribution in [0.4, 0.5) is 9.18 Å². The fraction of sp³-hybridized carbons (Fsp3) is 0.706. The fourth-order valence-corrected chi connectivity index (χ4v) is 9.24. The van der Waals surface area contributed by atoms with E-state index in [1.165, 1.54) is 31.7 Å². The quantitative estimate of drug-likeness (QED) is 0.216. The van der Waals surface area contributed by atoms with Crippen molar-refractivity contribution in [3.63, 3.8) is 0 Å². The van der Waals surface area contributed by atoms with Crippen LogP contribution < -0.4 is 5.32 Å². The molecule has 6 atom stereocenters. The zero-order chi connectivity index (χ0) is 28.6. The van der Waals surface area contributed by atoms with E-state index in [1.807, 2.05) is 12.1 Å². The number of carbonyl (C=O) groups is 2. The minimum atomic E-state index is -0.297. The third-order valence-electron chi connectivity index (χ3n) is 11.2. The second-order valence-electron chi connectivity index (χ2n) is 13.5. The number of benzene rings is 1. The van der Waals surface area contributed by atoms with Gasteiger partial charge in [0.05, 0.1) is 6.61 Å². The number of nitrogens with one attached hydrogen (secondary N) is 1. The number of fused-ring (bicyclic) bond motifs is 1. The molecule has 0 aromatic heterocycles. The van der Waals surface area contributed by atoms with Gasteiger partial charge >= 0.3 is 12.1 Å². The van der Waals surface area contributed by atoms with E-state index in [2.05, 4.69) is 12.2 Å². The number of hydrogen-bond donors (Lipinski definition) is 1. The number of methoxy groups -OCH3 is 1. The van der Waals surface area contributed by atoms with E-state index in [1.54, 1.807) is 13.2 Å². The van der Waals surface area contributed by atoms with Crippen molar-refractivity contribution in [3.05, 3.63) is 40.7 Å². The molecule has 1 N–H and O–H groups in total. The van der Waals surface area contributed by atoms with Gasteiger partial charge in [0.1, 0.15) is 18.5 Å². The monoisotopic (exact) mass is 567 g/mol. The van der Waals surface area contributed by atoms with Gasteiger partial charge in [-0.1, -0.05) is 32.3 Å². The first kappa shape index (κ1) is 28.7. The molecule has 1 aromatic rings. The zero-order valence-corrected chi connectivity index (χ0v) is 24.7. The summed E-state index contributed by atoms with van der Waals surface area (Å²) in [4.78, 5) is 25.5. The molecule has 4 fully saturated rings. The third-order valence-corrected chi connectivity index (χ3v) is 11.2. The minimum absolute atomic E-state index is 0.120. The molecular formula is C34H46FNO5. The van der Waals surface area contributed by atoms with Crippen molar-refractivity contribution in [2.24, 2.45) is 23.2 Å². The molecular weight excluding hydrogens is 521 g/mol. The van der Waals surface area contributed by atoms with E-state index in [0.717, 1.165) is 62.5 Å². The number of rotatable bonds is 12. The summed E-state index contributed by atoms with van der Waals surface area (Å²) < 4.78 is 30.7. The van der Waals surface area contributed by atoms with Gasteiger partial charge in [0.2, 0.25) is 0 Å². The predicted molar refractivity (Wildman–Crippen MR) is 155 cm³/mol. The van der Waals surface area contributed by atoms with Gasteiger partial charge in [-0.2, -0.15) is 0 Å². The molecule has 5 aliphatic rings. The fourth-order valence-electron chi connectivity index (χ4n) is 9.24. The number of amides is 1. The molecule has 1 aromatic carbocycles. The summed E-state index contributed by atoms with van der Waals surface area (Å²) in [6.07, 6.45) is 15.5. The second kappa shape index (κ2) is 11.7. The molecule has 5 aliphatic carbocycles. The molecule has 6 nitrogen and oxygen atoms in total. The molecule has 41 heavy (non-hydrogen) atoms. The molecule has 0 radical (unpaired) electrons. The first-order valence-corrected chi connectivity index (χ1v) is 16.0. The van der Waals surface area contributed by atoms with Crippen LogP contribution in [0, 0.1) is 29.0 Å². The van der Waals surface area contributed by atoms with E-state index in [-0.39, 0.29) is 47.5 Å². The summed E-state index contributed by atoms with van der Waals surface area (Å²) in [5.74, 6) is 1.45. The second-order valence-corrected chi connectivity index (χ2v) is 13.5. The van der Waals surface area contributed by atoms with Crippen molar-refractivity contribution in [2.75, 3.05) is 20.3 Å². The van der Waals surface area contributed by atoms with Crippen molar-refractivity contribution in [1.29, 1.82) is 0 Å². The van der Waals surface area contributed by atoms with Gasteiger partial charge in [-0.25, -0.2) is 14.0 Å². The highest BCUT2D eigenvalue weighted by Gasteiger charge is 2.74. The van der Waals surface area contributed by atoms with Crippen molar-refractivity contribution in [1.82, 2.24) is 5.32 Å². The number of ether oxygens (including phenoxy) is 3. The first-order chi connectivity index (χ1) is 19.9. The smallest absolute Gasteiger partial charge is 0.407 e. The van der Waals surface area contributed by atoms with Crippen LogP contribution >= 0.6 is 0 Å². The average Bonchev–Trinajstić information content (AvgIpc) is 3.18.